The molecule has 1 saturated heterocycles. The van der Waals surface area contributed by atoms with Gasteiger partial charge in [-0.05, 0) is 26.3 Å². The van der Waals surface area contributed by atoms with E-state index in [0.717, 1.165) is 23.4 Å². The molecule has 1 aromatic heterocycles. The van der Waals surface area contributed by atoms with Crippen molar-refractivity contribution in [3.8, 4) is 0 Å². The lowest BCUT2D eigenvalue weighted by Gasteiger charge is -2.34. The van der Waals surface area contributed by atoms with Crippen LogP contribution in [0.1, 0.15) is 34.6 Å². The van der Waals surface area contributed by atoms with Crippen molar-refractivity contribution in [2.75, 3.05) is 13.1 Å². The van der Waals surface area contributed by atoms with Gasteiger partial charge in [0.15, 0.2) is 0 Å². The highest BCUT2D eigenvalue weighted by atomic mass is 16.5. The summed E-state index contributed by atoms with van der Waals surface area (Å²) in [5, 5.41) is 9.64. The van der Waals surface area contributed by atoms with Gasteiger partial charge in [0.1, 0.15) is 5.76 Å². The zero-order valence-electron chi connectivity index (χ0n) is 16.0. The Morgan fingerprint density at radius 2 is 2.19 bits per heavy atom. The molecule has 1 atom stereocenters. The van der Waals surface area contributed by atoms with Crippen molar-refractivity contribution in [3.63, 3.8) is 0 Å². The van der Waals surface area contributed by atoms with Crippen molar-refractivity contribution >= 4 is 11.8 Å². The molecule has 1 fully saturated rings. The molecule has 2 N–H and O–H groups in total. The molecule has 1 aromatic carbocycles. The Balaban J connectivity index is 1.62. The van der Waals surface area contributed by atoms with E-state index >= 15 is 0 Å². The highest BCUT2D eigenvalue weighted by molar-refractivity contribution is 5.88. The molecule has 0 saturated carbocycles. The van der Waals surface area contributed by atoms with Crippen LogP contribution in [0.3, 0.4) is 0 Å². The molecule has 144 valence electrons. The van der Waals surface area contributed by atoms with E-state index in [-0.39, 0.29) is 18.2 Å². The molecular formula is C20H26N4O3. The number of hydrogen-bond donors (Lipinski definition) is 2. The molecule has 0 bridgehead atoms. The minimum absolute atomic E-state index is 0.0959. The molecule has 27 heavy (non-hydrogen) atoms. The van der Waals surface area contributed by atoms with Gasteiger partial charge in [0.25, 0.3) is 0 Å². The number of carbonyl (C=O) groups excluding carboxylic acids is 2. The van der Waals surface area contributed by atoms with E-state index in [0.29, 0.717) is 25.4 Å². The lowest BCUT2D eigenvalue weighted by atomic mass is 10.1. The summed E-state index contributed by atoms with van der Waals surface area (Å²) in [5.74, 6) is 0.442. The number of aromatic nitrogens is 1. The van der Waals surface area contributed by atoms with Gasteiger partial charge in [-0.2, -0.15) is 0 Å². The Bertz CT molecular complexity index is 811. The first-order valence-electron chi connectivity index (χ1n) is 9.20. The van der Waals surface area contributed by atoms with Crippen LogP contribution in [-0.2, 0) is 22.7 Å². The van der Waals surface area contributed by atoms with Crippen molar-refractivity contribution in [2.24, 2.45) is 0 Å². The Morgan fingerprint density at radius 3 is 2.89 bits per heavy atom. The number of benzene rings is 1. The molecular weight excluding hydrogens is 344 g/mol. The number of amides is 2. The maximum Gasteiger partial charge on any atom is 0.237 e. The van der Waals surface area contributed by atoms with E-state index in [4.69, 9.17) is 4.52 Å². The van der Waals surface area contributed by atoms with Crippen LogP contribution in [0.25, 0.3) is 0 Å². The van der Waals surface area contributed by atoms with E-state index in [9.17, 15) is 9.59 Å². The third kappa shape index (κ3) is 4.74. The van der Waals surface area contributed by atoms with Crippen LogP contribution in [0, 0.1) is 20.8 Å². The fraction of sp³-hybridized carbons (Fsp3) is 0.450. The van der Waals surface area contributed by atoms with Crippen molar-refractivity contribution < 1.29 is 14.1 Å². The first-order valence-corrected chi connectivity index (χ1v) is 9.20. The minimum atomic E-state index is -0.469. The van der Waals surface area contributed by atoms with Crippen molar-refractivity contribution in [1.29, 1.82) is 0 Å². The predicted molar refractivity (Wildman–Crippen MR) is 101 cm³/mol. The molecule has 2 amide bonds. The Kier molecular flexibility index (Phi) is 5.91. The summed E-state index contributed by atoms with van der Waals surface area (Å²) >= 11 is 0. The molecule has 3 rings (SSSR count). The van der Waals surface area contributed by atoms with E-state index in [1.807, 2.05) is 39.0 Å². The second kappa shape index (κ2) is 8.35. The molecule has 1 aliphatic rings. The van der Waals surface area contributed by atoms with Crippen LogP contribution in [0.2, 0.25) is 0 Å². The van der Waals surface area contributed by atoms with E-state index in [2.05, 4.69) is 26.8 Å². The molecule has 0 aliphatic carbocycles. The van der Waals surface area contributed by atoms with Crippen LogP contribution in [-0.4, -0.2) is 41.0 Å². The first kappa shape index (κ1) is 19.1. The number of hydrogen-bond acceptors (Lipinski definition) is 5. The molecule has 0 spiro atoms. The topological polar surface area (TPSA) is 87.5 Å². The molecule has 2 aromatic rings. The number of carbonyl (C=O) groups is 2. The molecule has 2 heterocycles. The van der Waals surface area contributed by atoms with Gasteiger partial charge in [0.05, 0.1) is 18.2 Å². The van der Waals surface area contributed by atoms with Gasteiger partial charge in [-0.1, -0.05) is 35.0 Å². The highest BCUT2D eigenvalue weighted by Gasteiger charge is 2.31. The fourth-order valence-electron chi connectivity index (χ4n) is 3.41. The summed E-state index contributed by atoms with van der Waals surface area (Å²) in [6.07, 6.45) is 0.126. The maximum atomic E-state index is 12.5. The average Bonchev–Trinajstić information content (AvgIpc) is 2.94. The largest absolute Gasteiger partial charge is 0.361 e. The minimum Gasteiger partial charge on any atom is -0.361 e. The Hall–Kier alpha value is -2.67. The zero-order chi connectivity index (χ0) is 19.4. The van der Waals surface area contributed by atoms with Crippen molar-refractivity contribution in [2.45, 2.75) is 46.3 Å². The smallest absolute Gasteiger partial charge is 0.237 e. The maximum absolute atomic E-state index is 12.5. The van der Waals surface area contributed by atoms with Crippen LogP contribution in [0.15, 0.2) is 28.8 Å². The molecule has 0 radical (unpaired) electrons. The summed E-state index contributed by atoms with van der Waals surface area (Å²) in [5.41, 5.74) is 3.98. The monoisotopic (exact) mass is 370 g/mol. The Morgan fingerprint density at radius 1 is 1.37 bits per heavy atom. The Labute approximate surface area is 159 Å². The quantitative estimate of drug-likeness (QED) is 0.807. The summed E-state index contributed by atoms with van der Waals surface area (Å²) in [6, 6.07) is 7.75. The van der Waals surface area contributed by atoms with E-state index < -0.39 is 6.04 Å². The highest BCUT2D eigenvalue weighted by Crippen LogP contribution is 2.16. The summed E-state index contributed by atoms with van der Waals surface area (Å²) in [4.78, 5) is 26.9. The van der Waals surface area contributed by atoms with Crippen LogP contribution in [0.4, 0.5) is 0 Å². The molecule has 1 aliphatic heterocycles. The van der Waals surface area contributed by atoms with Crippen molar-refractivity contribution in [3.05, 3.63) is 52.4 Å². The van der Waals surface area contributed by atoms with Gasteiger partial charge in [-0.3, -0.25) is 14.5 Å². The summed E-state index contributed by atoms with van der Waals surface area (Å²) in [7, 11) is 0. The second-order valence-electron chi connectivity index (χ2n) is 7.05. The normalized spacial score (nSPS) is 17.6. The van der Waals surface area contributed by atoms with Gasteiger partial charge in [0.2, 0.25) is 11.8 Å². The van der Waals surface area contributed by atoms with Crippen LogP contribution >= 0.6 is 0 Å². The van der Waals surface area contributed by atoms with E-state index in [1.54, 1.807) is 0 Å². The lowest BCUT2D eigenvalue weighted by molar-refractivity contribution is -0.134. The van der Waals surface area contributed by atoms with Gasteiger partial charge in [-0.15, -0.1) is 0 Å². The number of rotatable bonds is 6. The second-order valence-corrected chi connectivity index (χ2v) is 7.05. The lowest BCUT2D eigenvalue weighted by Crippen LogP contribution is -2.56. The third-order valence-electron chi connectivity index (χ3n) is 4.93. The molecule has 0 unspecified atom stereocenters. The number of nitrogens with zero attached hydrogens (tertiary/aromatic N) is 2. The number of nitrogens with one attached hydrogen (secondary N) is 2. The van der Waals surface area contributed by atoms with Gasteiger partial charge < -0.3 is 15.2 Å². The first-order chi connectivity index (χ1) is 12.9. The zero-order valence-corrected chi connectivity index (χ0v) is 16.0. The van der Waals surface area contributed by atoms with Crippen molar-refractivity contribution in [1.82, 2.24) is 20.7 Å². The predicted octanol–water partition coefficient (Wildman–Crippen LogP) is 1.61. The van der Waals surface area contributed by atoms with Crippen LogP contribution in [0.5, 0.6) is 0 Å². The fourth-order valence-corrected chi connectivity index (χ4v) is 3.41. The third-order valence-corrected chi connectivity index (χ3v) is 4.93. The van der Waals surface area contributed by atoms with E-state index in [1.165, 1.54) is 5.56 Å². The van der Waals surface area contributed by atoms with Gasteiger partial charge >= 0.3 is 0 Å². The number of aryl methyl sites for hydroxylation is 3. The summed E-state index contributed by atoms with van der Waals surface area (Å²) in [6.45, 7) is 8.04. The average molecular weight is 370 g/mol. The van der Waals surface area contributed by atoms with Crippen LogP contribution < -0.4 is 10.6 Å². The number of piperazine rings is 1. The standard InChI is InChI=1S/C20H26N4O3/c1-13-5-4-6-16(9-13)12-24-8-7-21-20(26)18(24)10-19(25)22-11-17-14(2)23-27-15(17)3/h4-6,9,18H,7-8,10-12H2,1-3H3,(H,21,26)(H,22,25)/t18-/m1/s1. The molecule has 7 heteroatoms. The van der Waals surface area contributed by atoms with Gasteiger partial charge in [0, 0.05) is 31.7 Å². The van der Waals surface area contributed by atoms with Gasteiger partial charge in [-0.25, -0.2) is 0 Å². The molecule has 7 nitrogen and oxygen atoms in total. The summed E-state index contributed by atoms with van der Waals surface area (Å²) < 4.78 is 5.11. The SMILES string of the molecule is Cc1cccc(CN2CCNC(=O)[C@H]2CC(=O)NCc2c(C)noc2C)c1.